The number of ether oxygens (including phenoxy) is 1. The lowest BCUT2D eigenvalue weighted by Gasteiger charge is -2.18. The van der Waals surface area contributed by atoms with Gasteiger partial charge in [-0.2, -0.15) is 0 Å². The lowest BCUT2D eigenvalue weighted by atomic mass is 10.2. The van der Waals surface area contributed by atoms with Crippen LogP contribution in [0.2, 0.25) is 0 Å². The number of nitrogens with zero attached hydrogens (tertiary/aromatic N) is 1. The Morgan fingerprint density at radius 1 is 1.29 bits per heavy atom. The summed E-state index contributed by atoms with van der Waals surface area (Å²) in [7, 11) is 3.80. The Hall–Kier alpha value is -1.22. The van der Waals surface area contributed by atoms with Gasteiger partial charge >= 0.3 is 0 Å². The highest BCUT2D eigenvalue weighted by atomic mass is 16.5. The van der Waals surface area contributed by atoms with E-state index in [-0.39, 0.29) is 0 Å². The number of anilines is 2. The van der Waals surface area contributed by atoms with Gasteiger partial charge in [0.25, 0.3) is 0 Å². The predicted octanol–water partition coefficient (Wildman–Crippen LogP) is 1.74. The molecule has 0 aliphatic heterocycles. The third-order valence-corrected chi connectivity index (χ3v) is 2.18. The zero-order valence-corrected chi connectivity index (χ0v) is 8.86. The van der Waals surface area contributed by atoms with Crippen LogP contribution in [0.1, 0.15) is 6.42 Å². The van der Waals surface area contributed by atoms with Crippen LogP contribution < -0.4 is 10.6 Å². The molecule has 1 rings (SSSR count). The van der Waals surface area contributed by atoms with Gasteiger partial charge in [-0.3, -0.25) is 0 Å². The van der Waals surface area contributed by atoms with E-state index >= 15 is 0 Å². The molecular formula is C11H18N2O. The summed E-state index contributed by atoms with van der Waals surface area (Å²) < 4.78 is 5.00. The molecule has 0 amide bonds. The molecule has 14 heavy (non-hydrogen) atoms. The summed E-state index contributed by atoms with van der Waals surface area (Å²) in [5.41, 5.74) is 7.60. The van der Waals surface area contributed by atoms with Crippen LogP contribution in [0.5, 0.6) is 0 Å². The molecule has 0 fully saturated rings. The third-order valence-electron chi connectivity index (χ3n) is 2.18. The van der Waals surface area contributed by atoms with Crippen molar-refractivity contribution in [1.29, 1.82) is 0 Å². The standard InChI is InChI=1S/C11H18N2O/c1-13(8-3-9-14-2)11-6-4-10(12)5-7-11/h4-7H,3,8-9,12H2,1-2H3. The van der Waals surface area contributed by atoms with E-state index in [9.17, 15) is 0 Å². The quantitative estimate of drug-likeness (QED) is 0.573. The highest BCUT2D eigenvalue weighted by Crippen LogP contribution is 2.14. The van der Waals surface area contributed by atoms with Crippen molar-refractivity contribution in [2.45, 2.75) is 6.42 Å². The SMILES string of the molecule is COCCCN(C)c1ccc(N)cc1. The summed E-state index contributed by atoms with van der Waals surface area (Å²) >= 11 is 0. The monoisotopic (exact) mass is 194 g/mol. The number of benzene rings is 1. The maximum atomic E-state index is 5.61. The van der Waals surface area contributed by atoms with Gasteiger partial charge in [0.1, 0.15) is 0 Å². The van der Waals surface area contributed by atoms with E-state index < -0.39 is 0 Å². The van der Waals surface area contributed by atoms with E-state index in [4.69, 9.17) is 10.5 Å². The Morgan fingerprint density at radius 2 is 1.93 bits per heavy atom. The molecule has 1 aromatic rings. The van der Waals surface area contributed by atoms with Crippen molar-refractivity contribution in [3.05, 3.63) is 24.3 Å². The fourth-order valence-corrected chi connectivity index (χ4v) is 1.30. The summed E-state index contributed by atoms with van der Waals surface area (Å²) in [6, 6.07) is 7.90. The Balaban J connectivity index is 2.43. The van der Waals surface area contributed by atoms with E-state index in [0.717, 1.165) is 25.3 Å². The smallest absolute Gasteiger partial charge is 0.0479 e. The van der Waals surface area contributed by atoms with Crippen molar-refractivity contribution in [1.82, 2.24) is 0 Å². The molecule has 3 nitrogen and oxygen atoms in total. The number of hydrogen-bond donors (Lipinski definition) is 1. The lowest BCUT2D eigenvalue weighted by Crippen LogP contribution is -2.19. The van der Waals surface area contributed by atoms with Crippen LogP contribution in [-0.4, -0.2) is 27.3 Å². The van der Waals surface area contributed by atoms with Crippen molar-refractivity contribution in [2.24, 2.45) is 0 Å². The van der Waals surface area contributed by atoms with Crippen LogP contribution >= 0.6 is 0 Å². The first kappa shape index (κ1) is 10.9. The second-order valence-electron chi connectivity index (χ2n) is 3.36. The van der Waals surface area contributed by atoms with Crippen molar-refractivity contribution < 1.29 is 4.74 Å². The molecule has 2 N–H and O–H groups in total. The molecule has 0 unspecified atom stereocenters. The summed E-state index contributed by atoms with van der Waals surface area (Å²) in [4.78, 5) is 2.19. The average Bonchev–Trinajstić information content (AvgIpc) is 2.19. The minimum Gasteiger partial charge on any atom is -0.399 e. The average molecular weight is 194 g/mol. The summed E-state index contributed by atoms with van der Waals surface area (Å²) in [5.74, 6) is 0. The van der Waals surface area contributed by atoms with E-state index in [1.807, 2.05) is 24.3 Å². The zero-order valence-electron chi connectivity index (χ0n) is 8.86. The molecule has 0 saturated heterocycles. The molecule has 0 aliphatic carbocycles. The Kier molecular flexibility index (Phi) is 4.26. The molecule has 1 aromatic carbocycles. The van der Waals surface area contributed by atoms with E-state index in [1.165, 1.54) is 5.69 Å². The van der Waals surface area contributed by atoms with Crippen molar-refractivity contribution in [3.8, 4) is 0 Å². The Bertz CT molecular complexity index is 258. The van der Waals surface area contributed by atoms with Gasteiger partial charge in [-0.25, -0.2) is 0 Å². The zero-order chi connectivity index (χ0) is 10.4. The molecule has 0 heterocycles. The molecule has 3 heteroatoms. The van der Waals surface area contributed by atoms with Crippen LogP contribution in [0.3, 0.4) is 0 Å². The van der Waals surface area contributed by atoms with Crippen molar-refractivity contribution >= 4 is 11.4 Å². The molecule has 0 bridgehead atoms. The fraction of sp³-hybridized carbons (Fsp3) is 0.455. The van der Waals surface area contributed by atoms with E-state index in [0.29, 0.717) is 0 Å². The minimum absolute atomic E-state index is 0.805. The van der Waals surface area contributed by atoms with Crippen LogP contribution in [0.15, 0.2) is 24.3 Å². The molecule has 0 spiro atoms. The first-order valence-corrected chi connectivity index (χ1v) is 4.79. The highest BCUT2D eigenvalue weighted by molar-refractivity contribution is 5.52. The fourth-order valence-electron chi connectivity index (χ4n) is 1.30. The summed E-state index contributed by atoms with van der Waals surface area (Å²) in [6.07, 6.45) is 1.04. The Morgan fingerprint density at radius 3 is 2.50 bits per heavy atom. The number of nitrogen functional groups attached to an aromatic ring is 1. The van der Waals surface area contributed by atoms with E-state index in [1.54, 1.807) is 7.11 Å². The second-order valence-corrected chi connectivity index (χ2v) is 3.36. The van der Waals surface area contributed by atoms with Crippen molar-refractivity contribution in [3.63, 3.8) is 0 Å². The van der Waals surface area contributed by atoms with E-state index in [2.05, 4.69) is 11.9 Å². The predicted molar refractivity (Wildman–Crippen MR) is 60.6 cm³/mol. The maximum absolute atomic E-state index is 5.61. The highest BCUT2D eigenvalue weighted by Gasteiger charge is 1.99. The van der Waals surface area contributed by atoms with Crippen LogP contribution in [-0.2, 0) is 4.74 Å². The lowest BCUT2D eigenvalue weighted by molar-refractivity contribution is 0.196. The second kappa shape index (κ2) is 5.50. The Labute approximate surface area is 85.5 Å². The molecule has 0 saturated carbocycles. The van der Waals surface area contributed by atoms with Crippen LogP contribution in [0.4, 0.5) is 11.4 Å². The number of nitrogens with two attached hydrogens (primary N) is 1. The van der Waals surface area contributed by atoms with Gasteiger partial charge in [-0.15, -0.1) is 0 Å². The largest absolute Gasteiger partial charge is 0.399 e. The molecular weight excluding hydrogens is 176 g/mol. The van der Waals surface area contributed by atoms with Gasteiger partial charge in [-0.1, -0.05) is 0 Å². The maximum Gasteiger partial charge on any atom is 0.0479 e. The normalized spacial score (nSPS) is 10.1. The van der Waals surface area contributed by atoms with Gasteiger partial charge in [-0.05, 0) is 30.7 Å². The van der Waals surface area contributed by atoms with Gasteiger partial charge in [0.05, 0.1) is 0 Å². The van der Waals surface area contributed by atoms with Gasteiger partial charge in [0, 0.05) is 38.7 Å². The topological polar surface area (TPSA) is 38.5 Å². The summed E-state index contributed by atoms with van der Waals surface area (Å²) in [5, 5.41) is 0. The number of rotatable bonds is 5. The number of methoxy groups -OCH3 is 1. The molecule has 78 valence electrons. The minimum atomic E-state index is 0.805. The first-order valence-electron chi connectivity index (χ1n) is 4.79. The molecule has 0 aliphatic rings. The third kappa shape index (κ3) is 3.26. The first-order chi connectivity index (χ1) is 6.74. The number of hydrogen-bond acceptors (Lipinski definition) is 3. The van der Waals surface area contributed by atoms with Crippen LogP contribution in [0.25, 0.3) is 0 Å². The molecule has 0 aromatic heterocycles. The van der Waals surface area contributed by atoms with Gasteiger partial charge in [0.2, 0.25) is 0 Å². The summed E-state index contributed by atoms with van der Waals surface area (Å²) in [6.45, 7) is 1.80. The van der Waals surface area contributed by atoms with Crippen molar-refractivity contribution in [2.75, 3.05) is 37.9 Å². The molecule has 0 radical (unpaired) electrons. The van der Waals surface area contributed by atoms with Crippen LogP contribution in [0, 0.1) is 0 Å². The van der Waals surface area contributed by atoms with Gasteiger partial charge < -0.3 is 15.4 Å². The van der Waals surface area contributed by atoms with Gasteiger partial charge in [0.15, 0.2) is 0 Å². The molecule has 0 atom stereocenters.